The van der Waals surface area contributed by atoms with E-state index in [2.05, 4.69) is 27.3 Å². The standard InChI is InChI=1S/C15H17N7O6S2/c1-2-3-28-18-8(13(24)25)4-21-15(17-19-20-21)30-6-7-5-29-12-9(16)11(23)22(12)10(7)14(26)27/h2,9,12H,1,3-6,16H2,(H,24,25)(H,26,27)/b18-8-/t9?,12-/m1/s1. The first-order chi connectivity index (χ1) is 14.3. The highest BCUT2D eigenvalue weighted by atomic mass is 32.2. The van der Waals surface area contributed by atoms with E-state index >= 15 is 0 Å². The number of carboxylic acids is 2. The molecule has 2 atom stereocenters. The Morgan fingerprint density at radius 1 is 1.47 bits per heavy atom. The fourth-order valence-electron chi connectivity index (χ4n) is 2.69. The number of carboxylic acid groups (broad SMARTS) is 2. The van der Waals surface area contributed by atoms with Gasteiger partial charge in [0.2, 0.25) is 11.1 Å². The number of aromatic nitrogens is 4. The number of rotatable bonds is 10. The van der Waals surface area contributed by atoms with Crippen LogP contribution in [0.2, 0.25) is 0 Å². The summed E-state index contributed by atoms with van der Waals surface area (Å²) in [5.74, 6) is -2.37. The van der Waals surface area contributed by atoms with Crippen LogP contribution in [0.3, 0.4) is 0 Å². The molecule has 3 heterocycles. The third-order valence-electron chi connectivity index (χ3n) is 4.08. The second-order valence-electron chi connectivity index (χ2n) is 6.03. The molecule has 2 aliphatic rings. The minimum Gasteiger partial charge on any atom is -0.477 e. The van der Waals surface area contributed by atoms with Crippen LogP contribution in [0.4, 0.5) is 0 Å². The summed E-state index contributed by atoms with van der Waals surface area (Å²) in [5, 5.41) is 33.3. The van der Waals surface area contributed by atoms with E-state index in [0.717, 1.165) is 11.8 Å². The van der Waals surface area contributed by atoms with E-state index in [9.17, 15) is 24.6 Å². The van der Waals surface area contributed by atoms with Gasteiger partial charge in [0.1, 0.15) is 23.7 Å². The molecule has 0 radical (unpaired) electrons. The molecule has 1 saturated heterocycles. The van der Waals surface area contributed by atoms with Crippen molar-refractivity contribution in [1.82, 2.24) is 25.1 Å². The van der Waals surface area contributed by atoms with Crippen LogP contribution < -0.4 is 5.73 Å². The van der Waals surface area contributed by atoms with Crippen LogP contribution >= 0.6 is 23.5 Å². The summed E-state index contributed by atoms with van der Waals surface area (Å²) in [6.07, 6.45) is 1.41. The summed E-state index contributed by atoms with van der Waals surface area (Å²) in [5.41, 5.74) is 5.84. The molecule has 0 saturated carbocycles. The first-order valence-corrected chi connectivity index (χ1v) is 10.5. The smallest absolute Gasteiger partial charge is 0.355 e. The highest BCUT2D eigenvalue weighted by Crippen LogP contribution is 2.40. The van der Waals surface area contributed by atoms with Crippen molar-refractivity contribution in [1.29, 1.82) is 0 Å². The van der Waals surface area contributed by atoms with E-state index in [1.165, 1.54) is 27.4 Å². The van der Waals surface area contributed by atoms with Crippen LogP contribution in [0.25, 0.3) is 0 Å². The van der Waals surface area contributed by atoms with Gasteiger partial charge in [-0.25, -0.2) is 14.3 Å². The highest BCUT2D eigenvalue weighted by molar-refractivity contribution is 8.01. The molecule has 30 heavy (non-hydrogen) atoms. The number of nitrogens with zero attached hydrogens (tertiary/aromatic N) is 6. The SMILES string of the molecule is C=CCO/N=C(/Cn1nnnc1SCC1=C(C(=O)O)N2C(=O)C(N)[C@H]2SC1)C(=O)O. The first kappa shape index (κ1) is 21.8. The molecule has 3 rings (SSSR count). The molecule has 1 unspecified atom stereocenters. The fraction of sp³-hybridized carbons (Fsp3) is 0.400. The van der Waals surface area contributed by atoms with E-state index in [1.807, 2.05) is 0 Å². The number of carbonyl (C=O) groups excluding carboxylic acids is 1. The lowest BCUT2D eigenvalue weighted by atomic mass is 10.0. The Kier molecular flexibility index (Phi) is 6.73. The molecule has 0 aliphatic carbocycles. The lowest BCUT2D eigenvalue weighted by molar-refractivity contribution is -0.147. The maximum absolute atomic E-state index is 12.0. The molecule has 1 fully saturated rings. The third kappa shape index (κ3) is 4.31. The number of hydrogen-bond acceptors (Lipinski definition) is 11. The Hall–Kier alpha value is -2.91. The summed E-state index contributed by atoms with van der Waals surface area (Å²) in [4.78, 5) is 41.1. The third-order valence-corrected chi connectivity index (χ3v) is 6.48. The molecule has 0 spiro atoms. The zero-order valence-corrected chi connectivity index (χ0v) is 17.0. The van der Waals surface area contributed by atoms with Crippen LogP contribution in [0.15, 0.2) is 34.2 Å². The predicted molar refractivity (Wildman–Crippen MR) is 105 cm³/mol. The van der Waals surface area contributed by atoms with Crippen LogP contribution in [0.5, 0.6) is 0 Å². The van der Waals surface area contributed by atoms with E-state index in [-0.39, 0.29) is 40.8 Å². The van der Waals surface area contributed by atoms with Crippen molar-refractivity contribution >= 4 is 47.1 Å². The van der Waals surface area contributed by atoms with Gasteiger partial charge in [-0.15, -0.1) is 16.9 Å². The molecular weight excluding hydrogens is 438 g/mol. The fourth-order valence-corrected chi connectivity index (χ4v) is 5.00. The van der Waals surface area contributed by atoms with Crippen molar-refractivity contribution in [3.05, 3.63) is 23.9 Å². The van der Waals surface area contributed by atoms with Crippen molar-refractivity contribution in [2.75, 3.05) is 18.1 Å². The zero-order chi connectivity index (χ0) is 21.8. The van der Waals surface area contributed by atoms with Gasteiger partial charge in [-0.1, -0.05) is 29.6 Å². The monoisotopic (exact) mass is 455 g/mol. The number of β-lactam (4-membered cyclic amide) rings is 1. The highest BCUT2D eigenvalue weighted by Gasteiger charge is 2.51. The van der Waals surface area contributed by atoms with Crippen LogP contribution in [0.1, 0.15) is 0 Å². The molecule has 15 heteroatoms. The maximum Gasteiger partial charge on any atom is 0.355 e. The van der Waals surface area contributed by atoms with Crippen molar-refractivity contribution in [3.63, 3.8) is 0 Å². The molecule has 13 nitrogen and oxygen atoms in total. The molecular formula is C15H17N7O6S2. The van der Waals surface area contributed by atoms with Gasteiger partial charge in [-0.3, -0.25) is 9.69 Å². The minimum atomic E-state index is -1.30. The van der Waals surface area contributed by atoms with Gasteiger partial charge in [0.05, 0.1) is 6.54 Å². The summed E-state index contributed by atoms with van der Waals surface area (Å²) >= 11 is 2.50. The Labute approximate surface area is 178 Å². The number of thioether (sulfide) groups is 2. The Morgan fingerprint density at radius 2 is 2.23 bits per heavy atom. The van der Waals surface area contributed by atoms with Gasteiger partial charge in [-0.05, 0) is 16.0 Å². The zero-order valence-electron chi connectivity index (χ0n) is 15.4. The van der Waals surface area contributed by atoms with E-state index in [1.54, 1.807) is 0 Å². The average Bonchev–Trinajstić information content (AvgIpc) is 3.16. The van der Waals surface area contributed by atoms with Gasteiger partial charge in [0.25, 0.3) is 0 Å². The number of fused-ring (bicyclic) bond motifs is 1. The minimum absolute atomic E-state index is 0.0393. The summed E-state index contributed by atoms with van der Waals surface area (Å²) < 4.78 is 1.21. The van der Waals surface area contributed by atoms with Crippen LogP contribution in [0, 0.1) is 0 Å². The molecule has 160 valence electrons. The van der Waals surface area contributed by atoms with Gasteiger partial charge >= 0.3 is 11.9 Å². The van der Waals surface area contributed by atoms with E-state index in [4.69, 9.17) is 10.6 Å². The second-order valence-corrected chi connectivity index (χ2v) is 8.08. The lowest BCUT2D eigenvalue weighted by Gasteiger charge is -2.48. The number of amides is 1. The van der Waals surface area contributed by atoms with E-state index in [0.29, 0.717) is 11.3 Å². The molecule has 0 aromatic carbocycles. The molecule has 1 aromatic heterocycles. The molecule has 4 N–H and O–H groups in total. The Balaban J connectivity index is 1.74. The number of oxime groups is 1. The van der Waals surface area contributed by atoms with E-state index < -0.39 is 23.9 Å². The Morgan fingerprint density at radius 3 is 2.90 bits per heavy atom. The first-order valence-electron chi connectivity index (χ1n) is 8.42. The average molecular weight is 455 g/mol. The lowest BCUT2D eigenvalue weighted by Crippen LogP contribution is -2.68. The van der Waals surface area contributed by atoms with Crippen molar-refractivity contribution in [2.45, 2.75) is 23.1 Å². The molecule has 1 amide bonds. The van der Waals surface area contributed by atoms with Crippen molar-refractivity contribution in [2.24, 2.45) is 10.9 Å². The van der Waals surface area contributed by atoms with Gasteiger partial charge in [0, 0.05) is 11.5 Å². The Bertz CT molecular complexity index is 946. The van der Waals surface area contributed by atoms with Crippen LogP contribution in [-0.4, -0.2) is 88.4 Å². The van der Waals surface area contributed by atoms with Gasteiger partial charge in [-0.2, -0.15) is 0 Å². The second kappa shape index (κ2) is 9.27. The number of hydrogen-bond donors (Lipinski definition) is 3. The van der Waals surface area contributed by atoms with Gasteiger partial charge < -0.3 is 20.8 Å². The quantitative estimate of drug-likeness (QED) is 0.0976. The molecule has 1 aromatic rings. The van der Waals surface area contributed by atoms with Crippen LogP contribution in [-0.2, 0) is 25.8 Å². The predicted octanol–water partition coefficient (Wildman–Crippen LogP) is -1.01. The molecule has 2 aliphatic heterocycles. The van der Waals surface area contributed by atoms with Crippen molar-refractivity contribution in [3.8, 4) is 0 Å². The summed E-state index contributed by atoms with van der Waals surface area (Å²) in [6.45, 7) is 3.22. The summed E-state index contributed by atoms with van der Waals surface area (Å²) in [7, 11) is 0. The maximum atomic E-state index is 12.0. The summed E-state index contributed by atoms with van der Waals surface area (Å²) in [6, 6.07) is -0.706. The normalized spacial score (nSPS) is 21.2. The number of aliphatic carboxylic acids is 2. The largest absolute Gasteiger partial charge is 0.477 e. The topological polar surface area (TPSA) is 186 Å². The number of carbonyl (C=O) groups is 3. The number of nitrogens with two attached hydrogens (primary N) is 1. The number of tetrazole rings is 1. The van der Waals surface area contributed by atoms with Gasteiger partial charge in [0.15, 0.2) is 5.71 Å². The molecule has 0 bridgehead atoms. The van der Waals surface area contributed by atoms with Crippen molar-refractivity contribution < 1.29 is 29.4 Å².